The Morgan fingerprint density at radius 2 is 1.79 bits per heavy atom. The lowest BCUT2D eigenvalue weighted by Crippen LogP contribution is -2.60. The Hall–Kier alpha value is -5.89. The zero-order chi connectivity index (χ0) is 49.5. The highest BCUT2D eigenvalue weighted by Crippen LogP contribution is 2.53. The normalized spacial score (nSPS) is 22.3. The quantitative estimate of drug-likeness (QED) is 0.0573. The molecule has 5 aromatic rings. The van der Waals surface area contributed by atoms with Crippen LogP contribution in [0, 0.1) is 27.3 Å². The van der Waals surface area contributed by atoms with Crippen LogP contribution in [0.2, 0.25) is 0 Å². The first-order valence-corrected chi connectivity index (χ1v) is 26.0. The first kappa shape index (κ1) is 49.1. The number of hydrogen-bond acceptors (Lipinski definition) is 14. The molecule has 2 aliphatic heterocycles. The second-order valence-electron chi connectivity index (χ2n) is 20.3. The molecule has 2 saturated heterocycles. The number of hydrogen-bond donors (Lipinski definition) is 4. The molecule has 0 bridgehead atoms. The summed E-state index contributed by atoms with van der Waals surface area (Å²) in [6.07, 6.45) is 8.94. The van der Waals surface area contributed by atoms with E-state index in [1.807, 2.05) is 0 Å². The molecule has 2 aliphatic carbocycles. The molecule has 0 radical (unpaired) electrons. The smallest absolute Gasteiger partial charge is 0.312 e. The van der Waals surface area contributed by atoms with Crippen molar-refractivity contribution in [3.05, 3.63) is 99.6 Å². The van der Waals surface area contributed by atoms with Crippen LogP contribution >= 0.6 is 0 Å². The minimum Gasteiger partial charge on any atom is -0.478 e. The number of aromatic nitrogens is 3. The lowest BCUT2D eigenvalue weighted by molar-refractivity contribution is -0.384. The summed E-state index contributed by atoms with van der Waals surface area (Å²) in [7, 11) is -3.35. The molecule has 3 aromatic heterocycles. The monoisotopic (exact) mass is 981 g/mol. The third-order valence-corrected chi connectivity index (χ3v) is 16.7. The number of halogens is 1. The number of sulfonamides is 1. The average molecular weight is 982 g/mol. The fourth-order valence-corrected chi connectivity index (χ4v) is 12.1. The number of piperazine rings is 1. The van der Waals surface area contributed by atoms with Crippen molar-refractivity contribution < 1.29 is 37.1 Å². The molecule has 9 rings (SSSR count). The van der Waals surface area contributed by atoms with Crippen molar-refractivity contribution in [1.82, 2.24) is 29.5 Å². The number of carbonyl (C=O) groups is 1. The van der Waals surface area contributed by atoms with Crippen LogP contribution in [-0.4, -0.2) is 114 Å². The summed E-state index contributed by atoms with van der Waals surface area (Å²) in [5.41, 5.74) is 2.53. The summed E-state index contributed by atoms with van der Waals surface area (Å²) < 4.78 is 56.4. The van der Waals surface area contributed by atoms with Gasteiger partial charge in [-0.25, -0.2) is 22.5 Å². The molecule has 4 aliphatic rings. The summed E-state index contributed by atoms with van der Waals surface area (Å²) in [5, 5.41) is 25.6. The summed E-state index contributed by atoms with van der Waals surface area (Å²) in [5.74, 6) is -1.27. The molecule has 2 aromatic carbocycles. The number of amides is 1. The van der Waals surface area contributed by atoms with Crippen molar-refractivity contribution in [2.75, 3.05) is 63.1 Å². The maximum atomic E-state index is 14.8. The first-order valence-electron chi connectivity index (χ1n) is 24.5. The SMILES string of the molecule is CCN1CCN(C2CC3(CCN(c4ccc(C(=O)NS(=O)(=O)c5cnc(NCC6CCC(C)(O)CC6)c([N+](=O)[O-])c5)c(Oc5cc6c(F)c[nH]c6nc5OC)c4)CC3)C2)[C@H](c2ccccc2C(C)C)C1. The number of nitrogens with zero attached hydrogens (tertiary/aromatic N) is 6. The Balaban J connectivity index is 0.930. The number of benzene rings is 2. The number of aliphatic hydroxyl groups is 1. The number of nitrogens with one attached hydrogen (secondary N) is 3. The zero-order valence-corrected chi connectivity index (χ0v) is 41.4. The molecule has 374 valence electrons. The molecule has 70 heavy (non-hydrogen) atoms. The maximum Gasteiger partial charge on any atom is 0.312 e. The Labute approximate surface area is 408 Å². The van der Waals surface area contributed by atoms with E-state index in [1.165, 1.54) is 30.4 Å². The highest BCUT2D eigenvalue weighted by Gasteiger charge is 2.50. The molecule has 1 atom stereocenters. The number of likely N-dealkylation sites (N-methyl/N-ethyl adjacent to an activating group) is 1. The van der Waals surface area contributed by atoms with Gasteiger partial charge in [-0.3, -0.25) is 19.8 Å². The van der Waals surface area contributed by atoms with Crippen molar-refractivity contribution in [2.24, 2.45) is 11.3 Å². The van der Waals surface area contributed by atoms with E-state index in [0.717, 1.165) is 89.1 Å². The van der Waals surface area contributed by atoms with E-state index in [1.54, 1.807) is 19.1 Å². The Kier molecular flexibility index (Phi) is 13.8. The van der Waals surface area contributed by atoms with E-state index < -0.39 is 42.9 Å². The van der Waals surface area contributed by atoms with Crippen molar-refractivity contribution >= 4 is 44.2 Å². The highest BCUT2D eigenvalue weighted by molar-refractivity contribution is 7.90. The molecular weight excluding hydrogens is 918 g/mol. The number of pyridine rings is 2. The van der Waals surface area contributed by atoms with Crippen molar-refractivity contribution in [2.45, 2.75) is 108 Å². The van der Waals surface area contributed by atoms with E-state index in [0.29, 0.717) is 50.2 Å². The second kappa shape index (κ2) is 19.7. The minimum atomic E-state index is -4.73. The number of anilines is 2. The van der Waals surface area contributed by atoms with Gasteiger partial charge in [0.05, 0.1) is 34.8 Å². The number of ether oxygens (including phenoxy) is 2. The molecule has 17 nitrogen and oxygen atoms in total. The number of methoxy groups -OCH3 is 1. The van der Waals surface area contributed by atoms with Gasteiger partial charge in [-0.2, -0.15) is 4.98 Å². The number of piperidine rings is 1. The molecule has 4 N–H and O–H groups in total. The van der Waals surface area contributed by atoms with Gasteiger partial charge < -0.3 is 34.7 Å². The predicted molar refractivity (Wildman–Crippen MR) is 265 cm³/mol. The van der Waals surface area contributed by atoms with Crippen LogP contribution in [0.1, 0.15) is 113 Å². The van der Waals surface area contributed by atoms with Gasteiger partial charge in [0.2, 0.25) is 5.82 Å². The van der Waals surface area contributed by atoms with Crippen molar-refractivity contribution in [3.63, 3.8) is 0 Å². The van der Waals surface area contributed by atoms with Crippen LogP contribution in [-0.2, 0) is 10.0 Å². The number of aromatic amines is 1. The van der Waals surface area contributed by atoms with E-state index in [9.17, 15) is 32.8 Å². The van der Waals surface area contributed by atoms with Gasteiger partial charge >= 0.3 is 5.69 Å². The Morgan fingerprint density at radius 3 is 2.49 bits per heavy atom. The predicted octanol–water partition coefficient (Wildman–Crippen LogP) is 8.53. The van der Waals surface area contributed by atoms with E-state index in [2.05, 4.69) is 84.7 Å². The lowest BCUT2D eigenvalue weighted by Gasteiger charge is -2.58. The van der Waals surface area contributed by atoms with Crippen LogP contribution in [0.3, 0.4) is 0 Å². The maximum absolute atomic E-state index is 14.8. The van der Waals surface area contributed by atoms with Gasteiger partial charge in [-0.1, -0.05) is 45.0 Å². The minimum absolute atomic E-state index is 0.00772. The molecule has 1 spiro atoms. The fourth-order valence-electron chi connectivity index (χ4n) is 11.2. The molecule has 19 heteroatoms. The number of rotatable bonds is 15. The number of nitro groups is 1. The van der Waals surface area contributed by atoms with Crippen molar-refractivity contribution in [3.8, 4) is 17.4 Å². The van der Waals surface area contributed by atoms with Crippen LogP contribution in [0.15, 0.2) is 71.9 Å². The van der Waals surface area contributed by atoms with Gasteiger partial charge in [0.15, 0.2) is 5.75 Å². The molecule has 4 fully saturated rings. The third-order valence-electron chi connectivity index (χ3n) is 15.4. The molecule has 5 heterocycles. The van der Waals surface area contributed by atoms with Gasteiger partial charge in [0.1, 0.15) is 22.1 Å². The van der Waals surface area contributed by atoms with E-state index in [-0.39, 0.29) is 51.1 Å². The first-order chi connectivity index (χ1) is 33.4. The molecule has 1 amide bonds. The largest absolute Gasteiger partial charge is 0.478 e. The average Bonchev–Trinajstić information content (AvgIpc) is 3.70. The van der Waals surface area contributed by atoms with Gasteiger partial charge in [-0.15, -0.1) is 0 Å². The number of fused-ring (bicyclic) bond motifs is 1. The summed E-state index contributed by atoms with van der Waals surface area (Å²) in [6.45, 7) is 14.6. The van der Waals surface area contributed by atoms with Crippen LogP contribution < -0.4 is 24.4 Å². The van der Waals surface area contributed by atoms with Gasteiger partial charge in [-0.05, 0) is 105 Å². The molecular formula is C51H64FN9O8S. The van der Waals surface area contributed by atoms with Crippen LogP contribution in [0.4, 0.5) is 21.6 Å². The third kappa shape index (κ3) is 10.2. The highest BCUT2D eigenvalue weighted by atomic mass is 32.2. The number of carbonyl (C=O) groups excluding carboxylic acids is 1. The van der Waals surface area contributed by atoms with Crippen LogP contribution in [0.5, 0.6) is 17.4 Å². The lowest BCUT2D eigenvalue weighted by atomic mass is 9.59. The van der Waals surface area contributed by atoms with E-state index >= 15 is 0 Å². The topological polar surface area (TPSA) is 208 Å². The van der Waals surface area contributed by atoms with Crippen molar-refractivity contribution in [1.29, 1.82) is 0 Å². The summed E-state index contributed by atoms with van der Waals surface area (Å²) >= 11 is 0. The Bertz CT molecular complexity index is 2850. The molecule has 0 unspecified atom stereocenters. The standard InChI is InChI=1S/C51H64FN9O8S/c1-6-58-21-22-60(43(31-58)38-10-8-7-9-37(38)32(2)3)35-26-51(27-35)17-19-59(20-18-51)34-11-12-39(44(23-34)69-45-25-40-41(52)30-55-46(40)56-49(45)68-5)48(62)57-70(66,67)36-24-42(61(64)65)47(54-29-36)53-28-33-13-15-50(4,63)16-14-33/h7-12,23-25,29-30,32-33,35,43,63H,6,13-22,26-28,31H2,1-5H3,(H,53,54)(H,55,56)(H,57,62)/t33?,43-,50?/m0/s1. The summed E-state index contributed by atoms with van der Waals surface area (Å²) in [6, 6.07) is 16.9. The van der Waals surface area contributed by atoms with Gasteiger partial charge in [0.25, 0.3) is 21.8 Å². The zero-order valence-electron chi connectivity index (χ0n) is 40.5. The van der Waals surface area contributed by atoms with Crippen LogP contribution in [0.25, 0.3) is 11.0 Å². The second-order valence-corrected chi connectivity index (χ2v) is 22.0. The van der Waals surface area contributed by atoms with Gasteiger partial charge in [0, 0.05) is 81.4 Å². The molecule has 2 saturated carbocycles. The van der Waals surface area contributed by atoms with E-state index in [4.69, 9.17) is 9.47 Å². The Morgan fingerprint density at radius 1 is 1.04 bits per heavy atom. The fraction of sp³-hybridized carbons (Fsp3) is 0.510. The number of H-pyrrole nitrogens is 1. The summed E-state index contributed by atoms with van der Waals surface area (Å²) in [4.78, 5) is 43.8.